The summed E-state index contributed by atoms with van der Waals surface area (Å²) in [6.07, 6.45) is 10.2. The van der Waals surface area contributed by atoms with E-state index in [2.05, 4.69) is 25.0 Å². The number of pyridine rings is 1. The zero-order valence-corrected chi connectivity index (χ0v) is 10.7. The van der Waals surface area contributed by atoms with Gasteiger partial charge in [-0.2, -0.15) is 0 Å². The van der Waals surface area contributed by atoms with Crippen LogP contribution in [0.3, 0.4) is 0 Å². The molecule has 0 aliphatic heterocycles. The van der Waals surface area contributed by atoms with E-state index in [1.807, 2.05) is 16.7 Å². The number of fused-ring (bicyclic) bond motifs is 1. The van der Waals surface area contributed by atoms with Gasteiger partial charge >= 0.3 is 0 Å². The summed E-state index contributed by atoms with van der Waals surface area (Å²) in [5.41, 5.74) is 9.97. The molecule has 0 atom stereocenters. The van der Waals surface area contributed by atoms with Gasteiger partial charge in [-0.25, -0.2) is 4.98 Å². The molecule has 0 amide bonds. The largest absolute Gasteiger partial charge is 0.398 e. The lowest BCUT2D eigenvalue weighted by Gasteiger charge is -1.98. The van der Waals surface area contributed by atoms with E-state index >= 15 is 0 Å². The lowest BCUT2D eigenvalue weighted by atomic mass is 10.1. The number of unbranched alkanes of at least 4 members (excludes halogenated alkanes) is 3. The van der Waals surface area contributed by atoms with Crippen LogP contribution < -0.4 is 5.73 Å². The van der Waals surface area contributed by atoms with Gasteiger partial charge in [0.25, 0.3) is 0 Å². The Labute approximate surface area is 103 Å². The summed E-state index contributed by atoms with van der Waals surface area (Å²) in [4.78, 5) is 4.66. The molecular formula is C14H21N3. The molecule has 17 heavy (non-hydrogen) atoms. The second kappa shape index (κ2) is 5.21. The lowest BCUT2D eigenvalue weighted by molar-refractivity contribution is 0.662. The van der Waals surface area contributed by atoms with Gasteiger partial charge in [-0.05, 0) is 31.4 Å². The average Bonchev–Trinajstić information content (AvgIpc) is 2.67. The Bertz CT molecular complexity index is 499. The number of nitrogen functional groups attached to an aromatic ring is 1. The van der Waals surface area contributed by atoms with Crippen molar-refractivity contribution in [1.82, 2.24) is 9.38 Å². The Morgan fingerprint density at radius 2 is 2.06 bits per heavy atom. The molecule has 0 fully saturated rings. The summed E-state index contributed by atoms with van der Waals surface area (Å²) in [6, 6.07) is 1.98. The highest BCUT2D eigenvalue weighted by molar-refractivity contribution is 5.54. The molecule has 0 aliphatic rings. The van der Waals surface area contributed by atoms with Crippen LogP contribution in [0.1, 0.15) is 43.9 Å². The van der Waals surface area contributed by atoms with Crippen molar-refractivity contribution in [2.45, 2.75) is 46.0 Å². The fourth-order valence-electron chi connectivity index (χ4n) is 2.20. The molecule has 2 N–H and O–H groups in total. The van der Waals surface area contributed by atoms with Crippen LogP contribution in [-0.4, -0.2) is 9.38 Å². The molecule has 0 saturated heterocycles. The molecule has 0 radical (unpaired) electrons. The van der Waals surface area contributed by atoms with Gasteiger partial charge in [0.1, 0.15) is 5.65 Å². The number of rotatable bonds is 5. The maximum Gasteiger partial charge on any atom is 0.140 e. The number of imidazole rings is 1. The van der Waals surface area contributed by atoms with Crippen LogP contribution in [0, 0.1) is 6.92 Å². The molecule has 2 heterocycles. The standard InChI is InChI=1S/C14H21N3/c1-3-4-5-6-7-13-10-17-9-12(15)8-11(2)14(17)16-13/h8-10H,3-7,15H2,1-2H3. The van der Waals surface area contributed by atoms with Gasteiger partial charge in [-0.15, -0.1) is 0 Å². The minimum Gasteiger partial charge on any atom is -0.398 e. The van der Waals surface area contributed by atoms with Crippen LogP contribution in [0.4, 0.5) is 5.69 Å². The van der Waals surface area contributed by atoms with Crippen molar-refractivity contribution in [3.05, 3.63) is 29.7 Å². The molecule has 0 saturated carbocycles. The second-order valence-electron chi connectivity index (χ2n) is 4.73. The SMILES string of the molecule is CCCCCCc1cn2cc(N)cc(C)c2n1. The number of aromatic nitrogens is 2. The first-order valence-corrected chi connectivity index (χ1v) is 6.44. The summed E-state index contributed by atoms with van der Waals surface area (Å²) in [5, 5.41) is 0. The molecule has 3 nitrogen and oxygen atoms in total. The first kappa shape index (κ1) is 12.0. The molecule has 2 aromatic heterocycles. The van der Waals surface area contributed by atoms with Crippen LogP contribution in [0.25, 0.3) is 5.65 Å². The second-order valence-corrected chi connectivity index (χ2v) is 4.73. The number of aryl methyl sites for hydroxylation is 2. The van der Waals surface area contributed by atoms with E-state index in [4.69, 9.17) is 5.73 Å². The average molecular weight is 231 g/mol. The molecule has 2 aromatic rings. The van der Waals surface area contributed by atoms with Gasteiger partial charge in [-0.1, -0.05) is 26.2 Å². The van der Waals surface area contributed by atoms with E-state index in [0.29, 0.717) is 0 Å². The molecular weight excluding hydrogens is 210 g/mol. The predicted octanol–water partition coefficient (Wildman–Crippen LogP) is 3.35. The number of hydrogen-bond donors (Lipinski definition) is 1. The Hall–Kier alpha value is -1.51. The van der Waals surface area contributed by atoms with Crippen molar-refractivity contribution >= 4 is 11.3 Å². The topological polar surface area (TPSA) is 43.3 Å². The van der Waals surface area contributed by atoms with E-state index in [0.717, 1.165) is 23.3 Å². The zero-order chi connectivity index (χ0) is 12.3. The van der Waals surface area contributed by atoms with E-state index in [1.54, 1.807) is 0 Å². The third kappa shape index (κ3) is 2.78. The fraction of sp³-hybridized carbons (Fsp3) is 0.500. The fourth-order valence-corrected chi connectivity index (χ4v) is 2.20. The smallest absolute Gasteiger partial charge is 0.140 e. The third-order valence-corrected chi connectivity index (χ3v) is 3.09. The normalized spacial score (nSPS) is 11.2. The van der Waals surface area contributed by atoms with Crippen molar-refractivity contribution in [1.29, 1.82) is 0 Å². The van der Waals surface area contributed by atoms with Crippen molar-refractivity contribution in [2.24, 2.45) is 0 Å². The Balaban J connectivity index is 2.12. The van der Waals surface area contributed by atoms with Crippen LogP contribution >= 0.6 is 0 Å². The van der Waals surface area contributed by atoms with Crippen LogP contribution in [0.15, 0.2) is 18.5 Å². The minimum absolute atomic E-state index is 0.796. The van der Waals surface area contributed by atoms with Crippen LogP contribution in [-0.2, 0) is 6.42 Å². The quantitative estimate of drug-likeness (QED) is 0.802. The van der Waals surface area contributed by atoms with Gasteiger partial charge in [0.2, 0.25) is 0 Å². The van der Waals surface area contributed by atoms with Gasteiger partial charge < -0.3 is 10.1 Å². The first-order valence-electron chi connectivity index (χ1n) is 6.44. The summed E-state index contributed by atoms with van der Waals surface area (Å²) in [6.45, 7) is 4.29. The lowest BCUT2D eigenvalue weighted by Crippen LogP contribution is -1.92. The molecule has 0 unspecified atom stereocenters. The van der Waals surface area contributed by atoms with Crippen molar-refractivity contribution < 1.29 is 0 Å². The van der Waals surface area contributed by atoms with Crippen LogP contribution in [0.5, 0.6) is 0 Å². The summed E-state index contributed by atoms with van der Waals surface area (Å²) in [5.74, 6) is 0. The van der Waals surface area contributed by atoms with Crippen molar-refractivity contribution in [3.8, 4) is 0 Å². The summed E-state index contributed by atoms with van der Waals surface area (Å²) in [7, 11) is 0. The van der Waals surface area contributed by atoms with Crippen molar-refractivity contribution in [2.75, 3.05) is 5.73 Å². The predicted molar refractivity (Wildman–Crippen MR) is 72.2 cm³/mol. The maximum atomic E-state index is 5.83. The highest BCUT2D eigenvalue weighted by Crippen LogP contribution is 2.15. The zero-order valence-electron chi connectivity index (χ0n) is 10.7. The maximum absolute atomic E-state index is 5.83. The van der Waals surface area contributed by atoms with Gasteiger partial charge in [-0.3, -0.25) is 0 Å². The summed E-state index contributed by atoms with van der Waals surface area (Å²) >= 11 is 0. The highest BCUT2D eigenvalue weighted by Gasteiger charge is 2.04. The molecule has 0 aliphatic carbocycles. The van der Waals surface area contributed by atoms with Gasteiger partial charge in [0.15, 0.2) is 0 Å². The first-order chi connectivity index (χ1) is 8.20. The number of nitrogens with zero attached hydrogens (tertiary/aromatic N) is 2. The van der Waals surface area contributed by atoms with Crippen LogP contribution in [0.2, 0.25) is 0 Å². The minimum atomic E-state index is 0.796. The number of anilines is 1. The molecule has 92 valence electrons. The molecule has 3 heteroatoms. The highest BCUT2D eigenvalue weighted by atomic mass is 15.0. The molecule has 0 bridgehead atoms. The third-order valence-electron chi connectivity index (χ3n) is 3.09. The Morgan fingerprint density at radius 1 is 1.24 bits per heavy atom. The number of nitrogens with two attached hydrogens (primary N) is 1. The van der Waals surface area contributed by atoms with Crippen molar-refractivity contribution in [3.63, 3.8) is 0 Å². The molecule has 2 rings (SSSR count). The monoisotopic (exact) mass is 231 g/mol. The molecule has 0 aromatic carbocycles. The number of hydrogen-bond acceptors (Lipinski definition) is 2. The Kier molecular flexibility index (Phi) is 3.67. The van der Waals surface area contributed by atoms with Gasteiger partial charge in [0, 0.05) is 18.1 Å². The van der Waals surface area contributed by atoms with Gasteiger partial charge in [0.05, 0.1) is 5.69 Å². The van der Waals surface area contributed by atoms with E-state index in [1.165, 1.54) is 31.4 Å². The summed E-state index contributed by atoms with van der Waals surface area (Å²) < 4.78 is 2.04. The molecule has 0 spiro atoms. The van der Waals surface area contributed by atoms with E-state index < -0.39 is 0 Å². The van der Waals surface area contributed by atoms with E-state index in [-0.39, 0.29) is 0 Å². The van der Waals surface area contributed by atoms with E-state index in [9.17, 15) is 0 Å². The Morgan fingerprint density at radius 3 is 2.82 bits per heavy atom.